The molecule has 0 N–H and O–H groups in total. The fourth-order valence-corrected chi connectivity index (χ4v) is 2.79. The van der Waals surface area contributed by atoms with Gasteiger partial charge in [0.2, 0.25) is 0 Å². The molecular weight excluding hydrogens is 330 g/mol. The third-order valence-electron chi connectivity index (χ3n) is 4.14. The van der Waals surface area contributed by atoms with Gasteiger partial charge in [-0.15, -0.1) is 0 Å². The summed E-state index contributed by atoms with van der Waals surface area (Å²) in [5, 5.41) is 4.40. The van der Waals surface area contributed by atoms with Crippen molar-refractivity contribution in [1.82, 2.24) is 14.8 Å². The first-order valence-corrected chi connectivity index (χ1v) is 8.26. The van der Waals surface area contributed by atoms with E-state index in [9.17, 15) is 9.59 Å². The smallest absolute Gasteiger partial charge is 0.380 e. The lowest BCUT2D eigenvalue weighted by Crippen LogP contribution is -2.20. The van der Waals surface area contributed by atoms with Crippen LogP contribution in [0.4, 0.5) is 0 Å². The van der Waals surface area contributed by atoms with Crippen LogP contribution in [-0.2, 0) is 9.53 Å². The molecule has 0 fully saturated rings. The Morgan fingerprint density at radius 2 is 1.81 bits per heavy atom. The zero-order valence-corrected chi connectivity index (χ0v) is 14.8. The number of hydrogen-bond acceptors (Lipinski definition) is 5. The van der Waals surface area contributed by atoms with Crippen molar-refractivity contribution < 1.29 is 14.3 Å². The fraction of sp³-hybridized carbons (Fsp3) is 0.200. The molecule has 0 aliphatic carbocycles. The molecule has 0 radical (unpaired) electrons. The number of ether oxygens (including phenoxy) is 1. The van der Waals surface area contributed by atoms with Crippen LogP contribution in [0.25, 0.3) is 5.69 Å². The highest BCUT2D eigenvalue weighted by Gasteiger charge is 2.27. The number of aromatic nitrogens is 3. The number of ketones is 1. The van der Waals surface area contributed by atoms with E-state index >= 15 is 0 Å². The minimum Gasteiger partial charge on any atom is -0.452 e. The van der Waals surface area contributed by atoms with Gasteiger partial charge in [-0.3, -0.25) is 9.78 Å². The molecule has 3 rings (SSSR count). The molecule has 2 aromatic heterocycles. The van der Waals surface area contributed by atoms with E-state index < -0.39 is 17.9 Å². The van der Waals surface area contributed by atoms with E-state index in [1.807, 2.05) is 30.3 Å². The zero-order valence-electron chi connectivity index (χ0n) is 14.8. The average molecular weight is 349 g/mol. The summed E-state index contributed by atoms with van der Waals surface area (Å²) in [7, 11) is 0. The predicted octanol–water partition coefficient (Wildman–Crippen LogP) is 3.37. The van der Waals surface area contributed by atoms with Crippen molar-refractivity contribution in [2.75, 3.05) is 0 Å². The van der Waals surface area contributed by atoms with E-state index in [1.165, 1.54) is 0 Å². The molecule has 1 atom stereocenters. The third kappa shape index (κ3) is 3.39. The van der Waals surface area contributed by atoms with Gasteiger partial charge in [0.25, 0.3) is 5.78 Å². The number of para-hydroxylation sites is 1. The second kappa shape index (κ2) is 7.31. The third-order valence-corrected chi connectivity index (χ3v) is 4.14. The van der Waals surface area contributed by atoms with Crippen molar-refractivity contribution >= 4 is 11.8 Å². The average Bonchev–Trinajstić information content (AvgIpc) is 2.96. The van der Waals surface area contributed by atoms with Crippen molar-refractivity contribution in [2.45, 2.75) is 26.9 Å². The van der Waals surface area contributed by atoms with E-state index in [0.29, 0.717) is 11.4 Å². The second-order valence-corrected chi connectivity index (χ2v) is 5.96. The van der Waals surface area contributed by atoms with Crippen molar-refractivity contribution in [3.05, 3.63) is 77.4 Å². The highest BCUT2D eigenvalue weighted by Crippen LogP contribution is 2.21. The monoisotopic (exact) mass is 349 g/mol. The number of rotatable bonds is 5. The van der Waals surface area contributed by atoms with Crippen molar-refractivity contribution in [1.29, 1.82) is 0 Å². The van der Waals surface area contributed by atoms with Crippen LogP contribution in [0, 0.1) is 13.8 Å². The molecule has 0 saturated heterocycles. The molecule has 6 heteroatoms. The van der Waals surface area contributed by atoms with Gasteiger partial charge in [-0.2, -0.15) is 5.10 Å². The number of carbonyl (C=O) groups excluding carboxylic acids is 2. The lowest BCUT2D eigenvalue weighted by atomic mass is 10.1. The topological polar surface area (TPSA) is 74.1 Å². The summed E-state index contributed by atoms with van der Waals surface area (Å²) in [5.74, 6) is -1.60. The Balaban J connectivity index is 1.84. The van der Waals surface area contributed by atoms with Gasteiger partial charge in [0.15, 0.2) is 0 Å². The van der Waals surface area contributed by atoms with Crippen LogP contribution in [0.3, 0.4) is 0 Å². The van der Waals surface area contributed by atoms with Gasteiger partial charge in [-0.25, -0.2) is 9.48 Å². The molecule has 0 spiro atoms. The van der Waals surface area contributed by atoms with Gasteiger partial charge in [-0.05, 0) is 39.0 Å². The number of benzene rings is 1. The van der Waals surface area contributed by atoms with Crippen LogP contribution in [0.5, 0.6) is 0 Å². The summed E-state index contributed by atoms with van der Waals surface area (Å²) in [6.45, 7) is 5.17. The van der Waals surface area contributed by atoms with Crippen LogP contribution in [0.15, 0.2) is 54.9 Å². The standard InChI is InChI=1S/C20H19N3O3/c1-13-18(14(2)23(22-13)17-9-5-4-6-10-17)19(24)20(25)26-15(3)16-8-7-11-21-12-16/h4-12,15H,1-3H3/t15-/m0/s1. The van der Waals surface area contributed by atoms with Crippen LogP contribution in [0.1, 0.15) is 40.3 Å². The zero-order chi connectivity index (χ0) is 18.7. The van der Waals surface area contributed by atoms with Gasteiger partial charge in [0, 0.05) is 18.0 Å². The number of aryl methyl sites for hydroxylation is 1. The molecule has 132 valence electrons. The first-order valence-electron chi connectivity index (χ1n) is 8.26. The Morgan fingerprint density at radius 3 is 2.46 bits per heavy atom. The highest BCUT2D eigenvalue weighted by molar-refractivity contribution is 6.41. The van der Waals surface area contributed by atoms with Gasteiger partial charge < -0.3 is 4.74 Å². The van der Waals surface area contributed by atoms with Gasteiger partial charge in [0.05, 0.1) is 22.6 Å². The molecule has 0 saturated carbocycles. The molecule has 0 unspecified atom stereocenters. The normalized spacial score (nSPS) is 11.8. The molecule has 0 amide bonds. The number of pyridine rings is 1. The summed E-state index contributed by atoms with van der Waals surface area (Å²) < 4.78 is 6.97. The SMILES string of the molecule is Cc1nn(-c2ccccc2)c(C)c1C(=O)C(=O)O[C@@H](C)c1cccnc1. The predicted molar refractivity (Wildman–Crippen MR) is 96.1 cm³/mol. The first kappa shape index (κ1) is 17.5. The number of nitrogens with zero attached hydrogens (tertiary/aromatic N) is 3. The van der Waals surface area contributed by atoms with E-state index in [-0.39, 0.29) is 5.56 Å². The molecule has 0 aliphatic heterocycles. The summed E-state index contributed by atoms with van der Waals surface area (Å²) in [6.07, 6.45) is 2.67. The molecular formula is C20H19N3O3. The Morgan fingerprint density at radius 1 is 1.08 bits per heavy atom. The highest BCUT2D eigenvalue weighted by atomic mass is 16.5. The van der Waals surface area contributed by atoms with Crippen molar-refractivity contribution in [2.24, 2.45) is 0 Å². The van der Waals surface area contributed by atoms with Crippen LogP contribution < -0.4 is 0 Å². The van der Waals surface area contributed by atoms with Crippen molar-refractivity contribution in [3.63, 3.8) is 0 Å². The number of hydrogen-bond donors (Lipinski definition) is 0. The first-order chi connectivity index (χ1) is 12.5. The molecule has 26 heavy (non-hydrogen) atoms. The molecule has 3 aromatic rings. The summed E-state index contributed by atoms with van der Waals surface area (Å²) in [6, 6.07) is 13.0. The number of esters is 1. The lowest BCUT2D eigenvalue weighted by molar-refractivity contribution is -0.142. The van der Waals surface area contributed by atoms with E-state index in [1.54, 1.807) is 50.0 Å². The van der Waals surface area contributed by atoms with E-state index in [0.717, 1.165) is 11.3 Å². The maximum atomic E-state index is 12.7. The van der Waals surface area contributed by atoms with Crippen LogP contribution >= 0.6 is 0 Å². The number of Topliss-reactive ketones (excluding diaryl/α,β-unsaturated/α-hetero) is 1. The van der Waals surface area contributed by atoms with Crippen LogP contribution in [-0.4, -0.2) is 26.5 Å². The Hall–Kier alpha value is -3.28. The van der Waals surface area contributed by atoms with Gasteiger partial charge >= 0.3 is 5.97 Å². The van der Waals surface area contributed by atoms with Crippen molar-refractivity contribution in [3.8, 4) is 5.69 Å². The maximum absolute atomic E-state index is 12.7. The maximum Gasteiger partial charge on any atom is 0.380 e. The summed E-state index contributed by atoms with van der Waals surface area (Å²) in [4.78, 5) is 29.0. The molecule has 0 bridgehead atoms. The van der Waals surface area contributed by atoms with Gasteiger partial charge in [0.1, 0.15) is 6.10 Å². The molecule has 1 aromatic carbocycles. The minimum absolute atomic E-state index is 0.275. The minimum atomic E-state index is -0.903. The fourth-order valence-electron chi connectivity index (χ4n) is 2.79. The van der Waals surface area contributed by atoms with Gasteiger partial charge in [-0.1, -0.05) is 24.3 Å². The Kier molecular flexibility index (Phi) is 4.93. The molecule has 6 nitrogen and oxygen atoms in total. The quantitative estimate of drug-likeness (QED) is 0.401. The number of carbonyl (C=O) groups is 2. The lowest BCUT2D eigenvalue weighted by Gasteiger charge is -2.12. The molecule has 2 heterocycles. The van der Waals surface area contributed by atoms with E-state index in [2.05, 4.69) is 10.1 Å². The summed E-state index contributed by atoms with van der Waals surface area (Å²) in [5.41, 5.74) is 2.91. The van der Waals surface area contributed by atoms with E-state index in [4.69, 9.17) is 4.74 Å². The largest absolute Gasteiger partial charge is 0.452 e. The Labute approximate surface area is 151 Å². The van der Waals surface area contributed by atoms with Crippen LogP contribution in [0.2, 0.25) is 0 Å². The summed E-state index contributed by atoms with van der Waals surface area (Å²) >= 11 is 0. The second-order valence-electron chi connectivity index (χ2n) is 5.96. The Bertz CT molecular complexity index is 934. The molecule has 0 aliphatic rings.